The van der Waals surface area contributed by atoms with Gasteiger partial charge < -0.3 is 4.90 Å². The van der Waals surface area contributed by atoms with Gasteiger partial charge in [0.2, 0.25) is 5.91 Å². The van der Waals surface area contributed by atoms with E-state index in [1.54, 1.807) is 11.3 Å². The van der Waals surface area contributed by atoms with Crippen LogP contribution in [0.3, 0.4) is 0 Å². The second-order valence-corrected chi connectivity index (χ2v) is 6.17. The summed E-state index contributed by atoms with van der Waals surface area (Å²) in [7, 11) is 0. The first-order valence-corrected chi connectivity index (χ1v) is 7.84. The third-order valence-corrected chi connectivity index (χ3v) is 4.82. The molecule has 1 saturated carbocycles. The number of carbonyl (C=O) groups is 1. The maximum atomic E-state index is 12.0. The van der Waals surface area contributed by atoms with Gasteiger partial charge in [0.15, 0.2) is 0 Å². The molecule has 3 nitrogen and oxygen atoms in total. The molecule has 4 heteroatoms. The monoisotopic (exact) mass is 264 g/mol. The third kappa shape index (κ3) is 2.45. The van der Waals surface area contributed by atoms with Crippen molar-refractivity contribution >= 4 is 17.2 Å². The van der Waals surface area contributed by atoms with Gasteiger partial charge >= 0.3 is 0 Å². The van der Waals surface area contributed by atoms with Crippen molar-refractivity contribution in [2.45, 2.75) is 38.3 Å². The molecule has 1 N–H and O–H groups in total. The summed E-state index contributed by atoms with van der Waals surface area (Å²) in [6, 6.07) is 2.12. The fourth-order valence-electron chi connectivity index (χ4n) is 3.12. The highest BCUT2D eigenvalue weighted by molar-refractivity contribution is 7.07. The summed E-state index contributed by atoms with van der Waals surface area (Å²) in [5, 5.41) is 7.56. The molecular formula is C14H20N2OS. The number of amides is 1. The fraction of sp³-hybridized carbons (Fsp3) is 0.643. The van der Waals surface area contributed by atoms with E-state index in [-0.39, 0.29) is 12.1 Å². The topological polar surface area (TPSA) is 32.3 Å². The lowest BCUT2D eigenvalue weighted by Crippen LogP contribution is -2.35. The van der Waals surface area contributed by atoms with Gasteiger partial charge in [-0.05, 0) is 41.1 Å². The fourth-order valence-corrected chi connectivity index (χ4v) is 3.80. The predicted molar refractivity (Wildman–Crippen MR) is 73.4 cm³/mol. The minimum Gasteiger partial charge on any atom is -0.322 e. The third-order valence-electron chi connectivity index (χ3n) is 4.12. The van der Waals surface area contributed by atoms with E-state index in [0.29, 0.717) is 12.5 Å². The van der Waals surface area contributed by atoms with Gasteiger partial charge in [0.1, 0.15) is 6.17 Å². The van der Waals surface area contributed by atoms with Crippen LogP contribution in [0.4, 0.5) is 0 Å². The van der Waals surface area contributed by atoms with Crippen molar-refractivity contribution in [3.8, 4) is 0 Å². The van der Waals surface area contributed by atoms with Gasteiger partial charge in [-0.1, -0.05) is 19.3 Å². The molecule has 1 atom stereocenters. The Hall–Kier alpha value is -0.870. The average Bonchev–Trinajstić information content (AvgIpc) is 3.02. The van der Waals surface area contributed by atoms with Crippen molar-refractivity contribution in [1.82, 2.24) is 10.2 Å². The molecule has 1 aliphatic carbocycles. The standard InChI is InChI=1S/C14H20N2OS/c17-13-8-15-14(12-6-7-18-10-12)16(13)9-11-4-2-1-3-5-11/h6-7,10-11,14-15H,1-5,8-9H2. The van der Waals surface area contributed by atoms with Gasteiger partial charge in [0.25, 0.3) is 0 Å². The lowest BCUT2D eigenvalue weighted by atomic mass is 9.89. The summed E-state index contributed by atoms with van der Waals surface area (Å²) in [6.07, 6.45) is 6.74. The van der Waals surface area contributed by atoms with Crippen LogP contribution >= 0.6 is 11.3 Å². The summed E-state index contributed by atoms with van der Waals surface area (Å²) in [5.74, 6) is 0.973. The summed E-state index contributed by atoms with van der Waals surface area (Å²) in [5.41, 5.74) is 1.24. The van der Waals surface area contributed by atoms with Gasteiger partial charge in [-0.25, -0.2) is 0 Å². The summed E-state index contributed by atoms with van der Waals surface area (Å²) in [6.45, 7) is 1.43. The summed E-state index contributed by atoms with van der Waals surface area (Å²) in [4.78, 5) is 14.1. The van der Waals surface area contributed by atoms with Gasteiger partial charge in [-0.15, -0.1) is 0 Å². The second kappa shape index (κ2) is 5.41. The number of rotatable bonds is 3. The Bertz CT molecular complexity index is 398. The van der Waals surface area contributed by atoms with Crippen molar-refractivity contribution in [3.05, 3.63) is 22.4 Å². The van der Waals surface area contributed by atoms with Gasteiger partial charge in [0.05, 0.1) is 6.54 Å². The minimum atomic E-state index is 0.116. The van der Waals surface area contributed by atoms with E-state index in [2.05, 4.69) is 27.0 Å². The van der Waals surface area contributed by atoms with Crippen molar-refractivity contribution < 1.29 is 4.79 Å². The summed E-state index contributed by atoms with van der Waals surface area (Å²) < 4.78 is 0. The predicted octanol–water partition coefficient (Wildman–Crippen LogP) is 2.76. The van der Waals surface area contributed by atoms with Crippen LogP contribution in [-0.4, -0.2) is 23.9 Å². The van der Waals surface area contributed by atoms with Gasteiger partial charge in [-0.2, -0.15) is 11.3 Å². The molecular weight excluding hydrogens is 244 g/mol. The lowest BCUT2D eigenvalue weighted by Gasteiger charge is -2.30. The molecule has 0 bridgehead atoms. The lowest BCUT2D eigenvalue weighted by molar-refractivity contribution is -0.128. The molecule has 1 aliphatic heterocycles. The van der Waals surface area contributed by atoms with Crippen LogP contribution in [0.2, 0.25) is 0 Å². The first kappa shape index (κ1) is 12.2. The molecule has 0 radical (unpaired) electrons. The average molecular weight is 264 g/mol. The van der Waals surface area contributed by atoms with E-state index < -0.39 is 0 Å². The zero-order chi connectivity index (χ0) is 12.4. The van der Waals surface area contributed by atoms with E-state index >= 15 is 0 Å². The van der Waals surface area contributed by atoms with E-state index in [9.17, 15) is 4.79 Å². The highest BCUT2D eigenvalue weighted by Gasteiger charge is 2.33. The van der Waals surface area contributed by atoms with Crippen molar-refractivity contribution in [2.24, 2.45) is 5.92 Å². The Labute approximate surface area is 112 Å². The summed E-state index contributed by atoms with van der Waals surface area (Å²) >= 11 is 1.70. The Balaban J connectivity index is 1.69. The van der Waals surface area contributed by atoms with E-state index in [1.165, 1.54) is 37.7 Å². The normalized spacial score (nSPS) is 25.9. The smallest absolute Gasteiger partial charge is 0.238 e. The van der Waals surface area contributed by atoms with Crippen LogP contribution in [0.5, 0.6) is 0 Å². The Morgan fingerprint density at radius 2 is 2.17 bits per heavy atom. The quantitative estimate of drug-likeness (QED) is 0.910. The van der Waals surface area contributed by atoms with Gasteiger partial charge in [-0.3, -0.25) is 10.1 Å². The van der Waals surface area contributed by atoms with Crippen LogP contribution in [0, 0.1) is 5.92 Å². The maximum Gasteiger partial charge on any atom is 0.238 e. The molecule has 98 valence electrons. The van der Waals surface area contributed by atoms with E-state index in [4.69, 9.17) is 0 Å². The Kier molecular flexibility index (Phi) is 3.66. The molecule has 2 fully saturated rings. The van der Waals surface area contributed by atoms with Crippen LogP contribution in [-0.2, 0) is 4.79 Å². The van der Waals surface area contributed by atoms with Gasteiger partial charge in [0, 0.05) is 6.54 Å². The number of nitrogens with one attached hydrogen (secondary N) is 1. The largest absolute Gasteiger partial charge is 0.322 e. The zero-order valence-electron chi connectivity index (χ0n) is 10.6. The van der Waals surface area contributed by atoms with Crippen LogP contribution in [0.25, 0.3) is 0 Å². The first-order chi connectivity index (χ1) is 8.84. The number of nitrogens with zero attached hydrogens (tertiary/aromatic N) is 1. The zero-order valence-corrected chi connectivity index (χ0v) is 11.4. The molecule has 18 heavy (non-hydrogen) atoms. The molecule has 1 unspecified atom stereocenters. The minimum absolute atomic E-state index is 0.116. The first-order valence-electron chi connectivity index (χ1n) is 6.89. The molecule has 1 aromatic rings. The SMILES string of the molecule is O=C1CNC(c2ccsc2)N1CC1CCCCC1. The molecule has 0 spiro atoms. The van der Waals surface area contributed by atoms with Crippen molar-refractivity contribution in [2.75, 3.05) is 13.1 Å². The molecule has 0 aromatic carbocycles. The number of carbonyl (C=O) groups excluding carboxylic acids is 1. The highest BCUT2D eigenvalue weighted by Crippen LogP contribution is 2.30. The van der Waals surface area contributed by atoms with Crippen LogP contribution in [0.15, 0.2) is 16.8 Å². The van der Waals surface area contributed by atoms with Crippen LogP contribution < -0.4 is 5.32 Å². The van der Waals surface area contributed by atoms with E-state index in [1.807, 2.05) is 0 Å². The molecule has 1 aromatic heterocycles. The Morgan fingerprint density at radius 1 is 1.33 bits per heavy atom. The molecule has 2 aliphatic rings. The number of thiophene rings is 1. The van der Waals surface area contributed by atoms with E-state index in [0.717, 1.165) is 6.54 Å². The number of hydrogen-bond donors (Lipinski definition) is 1. The van der Waals surface area contributed by atoms with Crippen molar-refractivity contribution in [3.63, 3.8) is 0 Å². The highest BCUT2D eigenvalue weighted by atomic mass is 32.1. The maximum absolute atomic E-state index is 12.0. The molecule has 3 rings (SSSR count). The molecule has 1 saturated heterocycles. The Morgan fingerprint density at radius 3 is 2.89 bits per heavy atom. The molecule has 2 heterocycles. The molecule has 1 amide bonds. The van der Waals surface area contributed by atoms with Crippen molar-refractivity contribution in [1.29, 1.82) is 0 Å². The van der Waals surface area contributed by atoms with Crippen LogP contribution in [0.1, 0.15) is 43.8 Å². The second-order valence-electron chi connectivity index (χ2n) is 5.39. The number of hydrogen-bond acceptors (Lipinski definition) is 3.